The van der Waals surface area contributed by atoms with Gasteiger partial charge in [0.25, 0.3) is 0 Å². The summed E-state index contributed by atoms with van der Waals surface area (Å²) in [7, 11) is -1.38. The first kappa shape index (κ1) is 23.0. The van der Waals surface area contributed by atoms with E-state index < -0.39 is 9.84 Å². The van der Waals surface area contributed by atoms with Crippen LogP contribution in [0, 0.1) is 0 Å². The summed E-state index contributed by atoms with van der Waals surface area (Å²) in [4.78, 5) is 14.3. The molecule has 3 aromatic rings. The van der Waals surface area contributed by atoms with E-state index in [0.29, 0.717) is 13.0 Å². The van der Waals surface area contributed by atoms with Gasteiger partial charge in [0.05, 0.1) is 23.7 Å². The Bertz CT molecular complexity index is 1250. The second-order valence-electron chi connectivity index (χ2n) is 8.51. The first-order valence-electron chi connectivity index (χ1n) is 11.2. The van der Waals surface area contributed by atoms with Crippen LogP contribution < -0.4 is 0 Å². The summed E-state index contributed by atoms with van der Waals surface area (Å²) in [5, 5.41) is 4.81. The van der Waals surface area contributed by atoms with E-state index in [1.807, 2.05) is 29.1 Å². The quantitative estimate of drug-likeness (QED) is 0.500. The molecular formula is C26H29N3O3S. The maximum atomic E-state index is 12.8. The van der Waals surface area contributed by atoms with Crippen LogP contribution in [0.1, 0.15) is 30.0 Å². The predicted octanol–water partition coefficient (Wildman–Crippen LogP) is 3.82. The third-order valence-electron chi connectivity index (χ3n) is 6.12. The number of sulfone groups is 1. The van der Waals surface area contributed by atoms with Gasteiger partial charge in [-0.25, -0.2) is 8.42 Å². The number of carbonyl (C=O) groups is 1. The molecule has 0 N–H and O–H groups in total. The molecule has 2 heterocycles. The number of carbonyl (C=O) groups excluding carboxylic acids is 1. The molecule has 1 saturated heterocycles. The number of likely N-dealkylation sites (N-methyl/N-ethyl adjacent to an activating group) is 1. The summed E-state index contributed by atoms with van der Waals surface area (Å²) in [6.45, 7) is 2.75. The van der Waals surface area contributed by atoms with Crippen molar-refractivity contribution in [2.24, 2.45) is 0 Å². The highest BCUT2D eigenvalue weighted by molar-refractivity contribution is 7.91. The van der Waals surface area contributed by atoms with Gasteiger partial charge in [0.15, 0.2) is 9.84 Å². The van der Waals surface area contributed by atoms with E-state index in [0.717, 1.165) is 28.8 Å². The minimum atomic E-state index is -3.05. The van der Waals surface area contributed by atoms with Gasteiger partial charge >= 0.3 is 0 Å². The largest absolute Gasteiger partial charge is 0.338 e. The molecule has 7 heteroatoms. The van der Waals surface area contributed by atoms with Crippen LogP contribution in [0.4, 0.5) is 0 Å². The van der Waals surface area contributed by atoms with Gasteiger partial charge in [-0.2, -0.15) is 5.10 Å². The monoisotopic (exact) mass is 463 g/mol. The van der Waals surface area contributed by atoms with Gasteiger partial charge in [-0.15, -0.1) is 0 Å². The summed E-state index contributed by atoms with van der Waals surface area (Å²) in [5.41, 5.74) is 5.03. The van der Waals surface area contributed by atoms with Gasteiger partial charge in [0.1, 0.15) is 0 Å². The molecule has 0 spiro atoms. The second kappa shape index (κ2) is 9.75. The van der Waals surface area contributed by atoms with Crippen molar-refractivity contribution in [3.8, 4) is 11.3 Å². The van der Waals surface area contributed by atoms with E-state index in [9.17, 15) is 13.2 Å². The van der Waals surface area contributed by atoms with E-state index >= 15 is 0 Å². The van der Waals surface area contributed by atoms with Crippen molar-refractivity contribution < 1.29 is 13.2 Å². The molecule has 1 fully saturated rings. The second-order valence-corrected chi connectivity index (χ2v) is 10.7. The third kappa shape index (κ3) is 5.60. The SMILES string of the molecule is CCc1ccc(-c2nn(Cc3ccccc3)cc2C=CC(=O)N(C)C2CCS(=O)(=O)C2)cc1. The fraction of sp³-hybridized carbons (Fsp3) is 0.308. The number of amides is 1. The predicted molar refractivity (Wildman–Crippen MR) is 131 cm³/mol. The van der Waals surface area contributed by atoms with Crippen LogP contribution in [0.25, 0.3) is 17.3 Å². The lowest BCUT2D eigenvalue weighted by molar-refractivity contribution is -0.126. The maximum Gasteiger partial charge on any atom is 0.246 e. The summed E-state index contributed by atoms with van der Waals surface area (Å²) >= 11 is 0. The molecule has 1 unspecified atom stereocenters. The smallest absolute Gasteiger partial charge is 0.246 e. The minimum absolute atomic E-state index is 0.0348. The van der Waals surface area contributed by atoms with Crippen LogP contribution in [0.15, 0.2) is 66.9 Å². The van der Waals surface area contributed by atoms with Crippen molar-refractivity contribution in [3.05, 3.63) is 83.6 Å². The number of benzene rings is 2. The first-order chi connectivity index (χ1) is 15.8. The van der Waals surface area contributed by atoms with E-state index in [2.05, 4.69) is 43.3 Å². The van der Waals surface area contributed by atoms with Crippen molar-refractivity contribution in [1.29, 1.82) is 0 Å². The zero-order valence-electron chi connectivity index (χ0n) is 19.0. The highest BCUT2D eigenvalue weighted by Gasteiger charge is 2.32. The van der Waals surface area contributed by atoms with Crippen LogP contribution >= 0.6 is 0 Å². The van der Waals surface area contributed by atoms with Crippen LogP contribution in [0.3, 0.4) is 0 Å². The number of hydrogen-bond donors (Lipinski definition) is 0. The lowest BCUT2D eigenvalue weighted by atomic mass is 10.0. The Kier molecular flexibility index (Phi) is 6.79. The molecule has 1 amide bonds. The van der Waals surface area contributed by atoms with Gasteiger partial charge in [-0.3, -0.25) is 9.48 Å². The van der Waals surface area contributed by atoms with E-state index in [-0.39, 0.29) is 23.5 Å². The number of rotatable bonds is 7. The molecule has 0 bridgehead atoms. The van der Waals surface area contributed by atoms with Crippen LogP contribution in [0.5, 0.6) is 0 Å². The highest BCUT2D eigenvalue weighted by Crippen LogP contribution is 2.25. The van der Waals surface area contributed by atoms with Gasteiger partial charge < -0.3 is 4.90 Å². The molecular weight excluding hydrogens is 434 g/mol. The molecule has 1 atom stereocenters. The molecule has 172 valence electrons. The van der Waals surface area contributed by atoms with Crippen molar-refractivity contribution in [1.82, 2.24) is 14.7 Å². The minimum Gasteiger partial charge on any atom is -0.338 e. The third-order valence-corrected chi connectivity index (χ3v) is 7.87. The Hall–Kier alpha value is -3.19. The molecule has 0 radical (unpaired) electrons. The molecule has 0 saturated carbocycles. The summed E-state index contributed by atoms with van der Waals surface area (Å²) < 4.78 is 25.4. The van der Waals surface area contributed by atoms with Crippen LogP contribution in [0.2, 0.25) is 0 Å². The molecule has 1 aliphatic rings. The fourth-order valence-electron chi connectivity index (χ4n) is 4.07. The van der Waals surface area contributed by atoms with Crippen molar-refractivity contribution in [3.63, 3.8) is 0 Å². The number of aryl methyl sites for hydroxylation is 1. The van der Waals surface area contributed by atoms with Gasteiger partial charge in [-0.05, 0) is 30.0 Å². The van der Waals surface area contributed by atoms with Gasteiger partial charge in [0.2, 0.25) is 5.91 Å². The standard InChI is InChI=1S/C26H29N3O3S/c1-3-20-9-11-22(12-10-20)26-23(18-29(27-26)17-21-7-5-4-6-8-21)13-14-25(30)28(2)24-15-16-33(31,32)19-24/h4-14,18,24H,3,15-17,19H2,1-2H3. The van der Waals surface area contributed by atoms with E-state index in [1.165, 1.54) is 16.5 Å². The van der Waals surface area contributed by atoms with Crippen molar-refractivity contribution in [2.75, 3.05) is 18.6 Å². The molecule has 4 rings (SSSR count). The summed E-state index contributed by atoms with van der Waals surface area (Å²) in [6, 6.07) is 18.1. The summed E-state index contributed by atoms with van der Waals surface area (Å²) in [6.07, 6.45) is 6.69. The summed E-state index contributed by atoms with van der Waals surface area (Å²) in [5.74, 6) is -0.0313. The Morgan fingerprint density at radius 2 is 1.85 bits per heavy atom. The van der Waals surface area contributed by atoms with Crippen LogP contribution in [-0.4, -0.2) is 53.6 Å². The zero-order valence-corrected chi connectivity index (χ0v) is 19.8. The average Bonchev–Trinajstić information content (AvgIpc) is 3.40. The number of hydrogen-bond acceptors (Lipinski definition) is 4. The molecule has 2 aromatic carbocycles. The normalized spacial score (nSPS) is 17.5. The molecule has 1 aromatic heterocycles. The number of aromatic nitrogens is 2. The highest BCUT2D eigenvalue weighted by atomic mass is 32.2. The average molecular weight is 464 g/mol. The Balaban J connectivity index is 1.60. The lowest BCUT2D eigenvalue weighted by Gasteiger charge is -2.21. The maximum absolute atomic E-state index is 12.8. The van der Waals surface area contributed by atoms with Gasteiger partial charge in [0, 0.05) is 36.5 Å². The molecule has 6 nitrogen and oxygen atoms in total. The Labute approximate surface area is 195 Å². The van der Waals surface area contributed by atoms with Crippen LogP contribution in [-0.2, 0) is 27.6 Å². The Morgan fingerprint density at radius 1 is 1.12 bits per heavy atom. The van der Waals surface area contributed by atoms with E-state index in [1.54, 1.807) is 13.1 Å². The Morgan fingerprint density at radius 3 is 2.48 bits per heavy atom. The first-order valence-corrected chi connectivity index (χ1v) is 13.0. The fourth-order valence-corrected chi connectivity index (χ4v) is 5.85. The van der Waals surface area contributed by atoms with Crippen molar-refractivity contribution >= 4 is 21.8 Å². The lowest BCUT2D eigenvalue weighted by Crippen LogP contribution is -2.36. The molecule has 1 aliphatic heterocycles. The van der Waals surface area contributed by atoms with Crippen molar-refractivity contribution in [2.45, 2.75) is 32.4 Å². The van der Waals surface area contributed by atoms with Gasteiger partial charge in [-0.1, -0.05) is 61.5 Å². The zero-order chi connectivity index (χ0) is 23.4. The molecule has 33 heavy (non-hydrogen) atoms. The number of nitrogens with zero attached hydrogens (tertiary/aromatic N) is 3. The van der Waals surface area contributed by atoms with E-state index in [4.69, 9.17) is 5.10 Å². The topological polar surface area (TPSA) is 72.3 Å². The molecule has 0 aliphatic carbocycles.